The van der Waals surface area contributed by atoms with Gasteiger partial charge in [-0.15, -0.1) is 0 Å². The molecule has 0 aliphatic carbocycles. The Bertz CT molecular complexity index is 643. The van der Waals surface area contributed by atoms with Crippen molar-refractivity contribution in [2.24, 2.45) is 0 Å². The van der Waals surface area contributed by atoms with Crippen LogP contribution in [0.2, 0.25) is 5.02 Å². The Hall–Kier alpha value is -2.11. The Kier molecular flexibility index (Phi) is 6.38. The first kappa shape index (κ1) is 17.2. The third-order valence-electron chi connectivity index (χ3n) is 3.19. The van der Waals surface area contributed by atoms with Crippen LogP contribution in [0, 0.1) is 0 Å². The van der Waals surface area contributed by atoms with Crippen LogP contribution in [-0.2, 0) is 0 Å². The number of amides is 1. The van der Waals surface area contributed by atoms with Crippen LogP contribution in [0.15, 0.2) is 42.6 Å². The Balaban J connectivity index is 1.93. The molecule has 0 spiro atoms. The monoisotopic (exact) mass is 332 g/mol. The number of nitrogens with zero attached hydrogens (tertiary/aromatic N) is 2. The Morgan fingerprint density at radius 3 is 2.61 bits per heavy atom. The van der Waals surface area contributed by atoms with Crippen LogP contribution >= 0.6 is 11.6 Å². The van der Waals surface area contributed by atoms with Crippen molar-refractivity contribution < 1.29 is 4.79 Å². The molecule has 0 saturated carbocycles. The number of carbonyl (C=O) groups excluding carboxylic acids is 1. The Labute approximate surface area is 141 Å². The standard InChI is InChI=1S/C17H21ClN4O/c1-22(2)11-3-9-20-17(23)16-12-15(8-10-19-16)21-14-6-4-13(18)5-7-14/h4-8,10,12H,3,9,11H2,1-2H3,(H,19,21)(H,20,23). The van der Waals surface area contributed by atoms with Gasteiger partial charge < -0.3 is 15.5 Å². The van der Waals surface area contributed by atoms with Gasteiger partial charge in [0.25, 0.3) is 5.91 Å². The zero-order chi connectivity index (χ0) is 16.7. The number of rotatable bonds is 7. The highest BCUT2D eigenvalue weighted by molar-refractivity contribution is 6.30. The minimum absolute atomic E-state index is 0.163. The summed E-state index contributed by atoms with van der Waals surface area (Å²) in [6, 6.07) is 10.9. The number of halogens is 1. The summed E-state index contributed by atoms with van der Waals surface area (Å²) in [6.07, 6.45) is 2.52. The van der Waals surface area contributed by atoms with Gasteiger partial charge in [-0.1, -0.05) is 11.6 Å². The van der Waals surface area contributed by atoms with Gasteiger partial charge in [-0.2, -0.15) is 0 Å². The summed E-state index contributed by atoms with van der Waals surface area (Å²) in [5, 5.41) is 6.79. The van der Waals surface area contributed by atoms with Gasteiger partial charge >= 0.3 is 0 Å². The van der Waals surface area contributed by atoms with Crippen molar-refractivity contribution in [3.63, 3.8) is 0 Å². The normalized spacial score (nSPS) is 10.6. The van der Waals surface area contributed by atoms with Crippen LogP contribution < -0.4 is 10.6 Å². The molecule has 0 bridgehead atoms. The van der Waals surface area contributed by atoms with Gasteiger partial charge in [0.05, 0.1) is 0 Å². The maximum absolute atomic E-state index is 12.1. The van der Waals surface area contributed by atoms with Crippen LogP contribution in [0.25, 0.3) is 0 Å². The number of benzene rings is 1. The van der Waals surface area contributed by atoms with Gasteiger partial charge in [0.15, 0.2) is 0 Å². The molecule has 5 nitrogen and oxygen atoms in total. The smallest absolute Gasteiger partial charge is 0.269 e. The van der Waals surface area contributed by atoms with Crippen molar-refractivity contribution >= 4 is 28.9 Å². The van der Waals surface area contributed by atoms with Gasteiger partial charge in [0.2, 0.25) is 0 Å². The Morgan fingerprint density at radius 2 is 1.91 bits per heavy atom. The largest absolute Gasteiger partial charge is 0.355 e. The second-order valence-corrected chi connectivity index (χ2v) is 5.91. The molecule has 2 N–H and O–H groups in total. The number of nitrogens with one attached hydrogen (secondary N) is 2. The van der Waals surface area contributed by atoms with Gasteiger partial charge in [0.1, 0.15) is 5.69 Å². The minimum Gasteiger partial charge on any atom is -0.355 e. The molecule has 1 aromatic carbocycles. The summed E-state index contributed by atoms with van der Waals surface area (Å²) >= 11 is 5.87. The van der Waals surface area contributed by atoms with Crippen molar-refractivity contribution in [2.75, 3.05) is 32.5 Å². The summed E-state index contributed by atoms with van der Waals surface area (Å²) in [6.45, 7) is 1.57. The lowest BCUT2D eigenvalue weighted by Gasteiger charge is -2.10. The molecule has 1 aromatic heterocycles. The lowest BCUT2D eigenvalue weighted by atomic mass is 10.2. The SMILES string of the molecule is CN(C)CCCNC(=O)c1cc(Nc2ccc(Cl)cc2)ccn1. The van der Waals surface area contributed by atoms with Gasteiger partial charge in [-0.3, -0.25) is 9.78 Å². The van der Waals surface area contributed by atoms with Crippen LogP contribution in [0.1, 0.15) is 16.9 Å². The topological polar surface area (TPSA) is 57.3 Å². The fourth-order valence-corrected chi connectivity index (χ4v) is 2.15. The highest BCUT2D eigenvalue weighted by Gasteiger charge is 2.07. The summed E-state index contributed by atoms with van der Waals surface area (Å²) in [4.78, 5) is 18.3. The van der Waals surface area contributed by atoms with E-state index < -0.39 is 0 Å². The third kappa shape index (κ3) is 5.88. The molecule has 0 radical (unpaired) electrons. The van der Waals surface area contributed by atoms with Gasteiger partial charge in [0, 0.05) is 29.1 Å². The fraction of sp³-hybridized carbons (Fsp3) is 0.294. The summed E-state index contributed by atoms with van der Waals surface area (Å²) < 4.78 is 0. The molecule has 0 aliphatic heterocycles. The van der Waals surface area contributed by atoms with Crippen molar-refractivity contribution in [1.82, 2.24) is 15.2 Å². The molecular formula is C17H21ClN4O. The van der Waals surface area contributed by atoms with E-state index in [9.17, 15) is 4.79 Å². The number of aromatic nitrogens is 1. The fourth-order valence-electron chi connectivity index (χ4n) is 2.02. The lowest BCUT2D eigenvalue weighted by molar-refractivity contribution is 0.0947. The number of hydrogen-bond donors (Lipinski definition) is 2. The van der Waals surface area contributed by atoms with Crippen molar-refractivity contribution in [2.45, 2.75) is 6.42 Å². The van der Waals surface area contributed by atoms with Crippen LogP contribution in [-0.4, -0.2) is 43.0 Å². The van der Waals surface area contributed by atoms with Crippen molar-refractivity contribution in [1.29, 1.82) is 0 Å². The highest BCUT2D eigenvalue weighted by atomic mass is 35.5. The van der Waals surface area contributed by atoms with Crippen LogP contribution in [0.4, 0.5) is 11.4 Å². The van der Waals surface area contributed by atoms with Crippen molar-refractivity contribution in [3.8, 4) is 0 Å². The average molecular weight is 333 g/mol. The molecular weight excluding hydrogens is 312 g/mol. The minimum atomic E-state index is -0.163. The molecule has 1 heterocycles. The molecule has 122 valence electrons. The third-order valence-corrected chi connectivity index (χ3v) is 3.45. The molecule has 0 atom stereocenters. The molecule has 2 aromatic rings. The molecule has 0 aliphatic rings. The van der Waals surface area contributed by atoms with Gasteiger partial charge in [-0.25, -0.2) is 0 Å². The van der Waals surface area contributed by atoms with E-state index in [0.717, 1.165) is 24.3 Å². The molecule has 6 heteroatoms. The number of carbonyl (C=O) groups is 1. The van der Waals surface area contributed by atoms with Crippen LogP contribution in [0.3, 0.4) is 0 Å². The molecule has 0 unspecified atom stereocenters. The van der Waals surface area contributed by atoms with Crippen molar-refractivity contribution in [3.05, 3.63) is 53.3 Å². The first-order chi connectivity index (χ1) is 11.0. The predicted molar refractivity (Wildman–Crippen MR) is 94.5 cm³/mol. The zero-order valence-corrected chi connectivity index (χ0v) is 14.1. The van der Waals surface area contributed by atoms with E-state index in [2.05, 4.69) is 20.5 Å². The van der Waals surface area contributed by atoms with E-state index >= 15 is 0 Å². The Morgan fingerprint density at radius 1 is 1.17 bits per heavy atom. The predicted octanol–water partition coefficient (Wildman–Crippen LogP) is 3.16. The second-order valence-electron chi connectivity index (χ2n) is 5.47. The number of anilines is 2. The number of pyridine rings is 1. The van der Waals surface area contributed by atoms with E-state index in [4.69, 9.17) is 11.6 Å². The van der Waals surface area contributed by atoms with Gasteiger partial charge in [-0.05, 0) is 63.5 Å². The first-order valence-corrected chi connectivity index (χ1v) is 7.84. The number of hydrogen-bond acceptors (Lipinski definition) is 4. The van der Waals surface area contributed by atoms with E-state index in [1.807, 2.05) is 44.4 Å². The maximum atomic E-state index is 12.1. The van der Waals surface area contributed by atoms with E-state index in [1.54, 1.807) is 12.3 Å². The van der Waals surface area contributed by atoms with Crippen LogP contribution in [0.5, 0.6) is 0 Å². The quantitative estimate of drug-likeness (QED) is 0.765. The summed E-state index contributed by atoms with van der Waals surface area (Å²) in [5.41, 5.74) is 2.10. The molecule has 23 heavy (non-hydrogen) atoms. The summed E-state index contributed by atoms with van der Waals surface area (Å²) in [7, 11) is 4.02. The zero-order valence-electron chi connectivity index (χ0n) is 13.3. The lowest BCUT2D eigenvalue weighted by Crippen LogP contribution is -2.27. The molecule has 2 rings (SSSR count). The maximum Gasteiger partial charge on any atom is 0.269 e. The highest BCUT2D eigenvalue weighted by Crippen LogP contribution is 2.19. The second kappa shape index (κ2) is 8.50. The van der Waals surface area contributed by atoms with E-state index in [1.165, 1.54) is 0 Å². The molecule has 1 amide bonds. The molecule has 0 saturated heterocycles. The first-order valence-electron chi connectivity index (χ1n) is 7.46. The van der Waals surface area contributed by atoms with E-state index in [0.29, 0.717) is 17.3 Å². The summed E-state index contributed by atoms with van der Waals surface area (Å²) in [5.74, 6) is -0.163. The van der Waals surface area contributed by atoms with E-state index in [-0.39, 0.29) is 5.91 Å². The molecule has 0 fully saturated rings. The average Bonchev–Trinajstić information content (AvgIpc) is 2.54.